The van der Waals surface area contributed by atoms with Crippen molar-refractivity contribution in [3.05, 3.63) is 30.1 Å². The van der Waals surface area contributed by atoms with E-state index in [1.807, 2.05) is 18.2 Å². The second-order valence-corrected chi connectivity index (χ2v) is 11.2. The summed E-state index contributed by atoms with van der Waals surface area (Å²) in [4.78, 5) is 17.4. The van der Waals surface area contributed by atoms with Crippen LogP contribution in [-0.4, -0.2) is 41.3 Å². The van der Waals surface area contributed by atoms with Gasteiger partial charge in [-0.2, -0.15) is 4.31 Å². The molecule has 3 fully saturated rings. The monoisotopic (exact) mass is 418 g/mol. The fourth-order valence-electron chi connectivity index (χ4n) is 5.79. The Morgan fingerprint density at radius 3 is 2.66 bits per heavy atom. The Balaban J connectivity index is 1.35. The van der Waals surface area contributed by atoms with E-state index in [1.165, 1.54) is 6.42 Å². The summed E-state index contributed by atoms with van der Waals surface area (Å²) >= 11 is 0. The molecule has 3 atom stereocenters. The molecule has 0 spiro atoms. The first-order chi connectivity index (χ1) is 14.0. The minimum absolute atomic E-state index is 0.0658. The van der Waals surface area contributed by atoms with Crippen molar-refractivity contribution in [2.75, 3.05) is 5.75 Å². The number of aromatic nitrogens is 1. The molecule has 1 aromatic rings. The molecule has 0 amide bonds. The van der Waals surface area contributed by atoms with Crippen LogP contribution in [0.15, 0.2) is 24.4 Å². The highest BCUT2D eigenvalue weighted by Crippen LogP contribution is 2.45. The molecule has 0 aromatic carbocycles. The van der Waals surface area contributed by atoms with Gasteiger partial charge in [0.05, 0.1) is 11.8 Å². The molecule has 2 aliphatic carbocycles. The average Bonchev–Trinajstić information content (AvgIpc) is 3.34. The number of hydrogen-bond acceptors (Lipinski definition) is 4. The maximum atomic E-state index is 13.3. The number of ketones is 1. The molecule has 1 aliphatic heterocycles. The lowest BCUT2D eigenvalue weighted by Crippen LogP contribution is -2.50. The molecular weight excluding hydrogens is 384 g/mol. The van der Waals surface area contributed by atoms with Crippen molar-refractivity contribution in [1.29, 1.82) is 0 Å². The number of fused-ring (bicyclic) bond motifs is 2. The number of Topliss-reactive ketones (excluding diaryl/α,β-unsaturated/α-hetero) is 1. The van der Waals surface area contributed by atoms with Crippen LogP contribution in [0, 0.1) is 11.8 Å². The maximum absolute atomic E-state index is 13.3. The summed E-state index contributed by atoms with van der Waals surface area (Å²) in [7, 11) is -3.36. The Labute approximate surface area is 175 Å². The molecular formula is C23H34N2O3S. The number of rotatable bonds is 9. The number of aryl methyl sites for hydroxylation is 1. The number of pyridine rings is 1. The lowest BCUT2D eigenvalue weighted by Gasteiger charge is -2.35. The van der Waals surface area contributed by atoms with Crippen molar-refractivity contribution in [3.8, 4) is 0 Å². The highest BCUT2D eigenvalue weighted by molar-refractivity contribution is 7.89. The first kappa shape index (κ1) is 21.0. The number of carbonyl (C=O) groups excluding carboxylic acids is 1. The third kappa shape index (κ3) is 4.91. The minimum Gasteiger partial charge on any atom is -0.298 e. The van der Waals surface area contributed by atoms with Crippen molar-refractivity contribution in [2.45, 2.75) is 89.1 Å². The molecule has 6 heteroatoms. The van der Waals surface area contributed by atoms with Crippen LogP contribution in [0.4, 0.5) is 0 Å². The van der Waals surface area contributed by atoms with Crippen molar-refractivity contribution >= 4 is 15.8 Å². The van der Waals surface area contributed by atoms with Gasteiger partial charge in [-0.3, -0.25) is 9.78 Å². The zero-order valence-corrected chi connectivity index (χ0v) is 18.2. The van der Waals surface area contributed by atoms with Gasteiger partial charge >= 0.3 is 0 Å². The predicted molar refractivity (Wildman–Crippen MR) is 114 cm³/mol. The number of sulfonamides is 1. The smallest absolute Gasteiger partial charge is 0.215 e. The molecule has 3 aliphatic rings. The highest BCUT2D eigenvalue weighted by atomic mass is 32.2. The Morgan fingerprint density at radius 1 is 1.07 bits per heavy atom. The standard InChI is InChI=1S/C23H34N2O3S/c26-22(12-5-4-10-20-11-6-7-15-24-20)23-19-13-14-21(16-19)25(23)29(27,28)17-18-8-2-1-3-9-18/h6-7,11,15,18-19,21,23H,1-5,8-10,12-14,16-17H2. The van der Waals surface area contributed by atoms with E-state index in [9.17, 15) is 13.2 Å². The van der Waals surface area contributed by atoms with Gasteiger partial charge < -0.3 is 0 Å². The number of unbranched alkanes of at least 4 members (excludes halogenated alkanes) is 1. The topological polar surface area (TPSA) is 67.3 Å². The van der Waals surface area contributed by atoms with E-state index in [4.69, 9.17) is 0 Å². The third-order valence-corrected chi connectivity index (χ3v) is 9.24. The summed E-state index contributed by atoms with van der Waals surface area (Å²) in [6.07, 6.45) is 13.2. The SMILES string of the molecule is O=C(CCCCc1ccccn1)C1C2CCC(C2)N1S(=O)(=O)CC1CCCCC1. The van der Waals surface area contributed by atoms with Gasteiger partial charge in [-0.05, 0) is 75.3 Å². The summed E-state index contributed by atoms with van der Waals surface area (Å²) < 4.78 is 28.2. The van der Waals surface area contributed by atoms with Crippen molar-refractivity contribution in [2.24, 2.45) is 11.8 Å². The van der Waals surface area contributed by atoms with Crippen molar-refractivity contribution in [1.82, 2.24) is 9.29 Å². The van der Waals surface area contributed by atoms with Crippen LogP contribution >= 0.6 is 0 Å². The van der Waals surface area contributed by atoms with E-state index in [0.717, 1.165) is 69.9 Å². The molecule has 1 saturated heterocycles. The molecule has 0 N–H and O–H groups in total. The molecule has 29 heavy (non-hydrogen) atoms. The van der Waals surface area contributed by atoms with Gasteiger partial charge in [-0.25, -0.2) is 8.42 Å². The summed E-state index contributed by atoms with van der Waals surface area (Å²) in [5.41, 5.74) is 1.05. The zero-order chi connectivity index (χ0) is 20.3. The van der Waals surface area contributed by atoms with E-state index in [1.54, 1.807) is 10.5 Å². The van der Waals surface area contributed by atoms with E-state index < -0.39 is 16.1 Å². The van der Waals surface area contributed by atoms with Crippen LogP contribution in [-0.2, 0) is 21.2 Å². The molecule has 1 aromatic heterocycles. The predicted octanol–water partition coefficient (Wildman–Crippen LogP) is 4.13. The first-order valence-electron chi connectivity index (χ1n) is 11.5. The minimum atomic E-state index is -3.36. The van der Waals surface area contributed by atoms with E-state index >= 15 is 0 Å². The fourth-order valence-corrected chi connectivity index (χ4v) is 8.17. The summed E-state index contributed by atoms with van der Waals surface area (Å²) in [5.74, 6) is 0.913. The molecule has 2 saturated carbocycles. The van der Waals surface area contributed by atoms with E-state index in [-0.39, 0.29) is 29.4 Å². The largest absolute Gasteiger partial charge is 0.298 e. The number of nitrogens with zero attached hydrogens (tertiary/aromatic N) is 2. The fraction of sp³-hybridized carbons (Fsp3) is 0.739. The summed E-state index contributed by atoms with van der Waals surface area (Å²) in [5, 5.41) is 0. The first-order valence-corrected chi connectivity index (χ1v) is 13.1. The second-order valence-electron chi connectivity index (χ2n) is 9.28. The summed E-state index contributed by atoms with van der Waals surface area (Å²) in [6, 6.07) is 5.58. The second kappa shape index (κ2) is 9.25. The Hall–Kier alpha value is -1.27. The third-order valence-electron chi connectivity index (χ3n) is 7.18. The summed E-state index contributed by atoms with van der Waals surface area (Å²) in [6.45, 7) is 0. The lowest BCUT2D eigenvalue weighted by atomic mass is 9.91. The molecule has 0 radical (unpaired) electrons. The highest BCUT2D eigenvalue weighted by Gasteiger charge is 2.53. The maximum Gasteiger partial charge on any atom is 0.215 e. The van der Waals surface area contributed by atoms with Crippen LogP contribution < -0.4 is 0 Å². The molecule has 160 valence electrons. The van der Waals surface area contributed by atoms with E-state index in [0.29, 0.717) is 6.42 Å². The van der Waals surface area contributed by atoms with Crippen LogP contribution in [0.2, 0.25) is 0 Å². The molecule has 5 nitrogen and oxygen atoms in total. The van der Waals surface area contributed by atoms with Crippen LogP contribution in [0.25, 0.3) is 0 Å². The number of hydrogen-bond donors (Lipinski definition) is 0. The Bertz CT molecular complexity index is 790. The normalized spacial score (nSPS) is 28.1. The van der Waals surface area contributed by atoms with Gasteiger partial charge in [0.25, 0.3) is 0 Å². The van der Waals surface area contributed by atoms with Gasteiger partial charge in [0.15, 0.2) is 5.78 Å². The van der Waals surface area contributed by atoms with Gasteiger partial charge in [0, 0.05) is 24.4 Å². The Morgan fingerprint density at radius 2 is 1.90 bits per heavy atom. The lowest BCUT2D eigenvalue weighted by molar-refractivity contribution is -0.124. The van der Waals surface area contributed by atoms with Gasteiger partial charge in [-0.15, -0.1) is 0 Å². The van der Waals surface area contributed by atoms with Gasteiger partial charge in [0.2, 0.25) is 10.0 Å². The number of piperidine rings is 1. The zero-order valence-electron chi connectivity index (χ0n) is 17.3. The van der Waals surface area contributed by atoms with E-state index in [2.05, 4.69) is 4.98 Å². The number of carbonyl (C=O) groups is 1. The van der Waals surface area contributed by atoms with Crippen LogP contribution in [0.3, 0.4) is 0 Å². The van der Waals surface area contributed by atoms with Gasteiger partial charge in [0.1, 0.15) is 0 Å². The molecule has 3 unspecified atom stereocenters. The van der Waals surface area contributed by atoms with Crippen LogP contribution in [0.1, 0.15) is 76.3 Å². The van der Waals surface area contributed by atoms with Crippen LogP contribution in [0.5, 0.6) is 0 Å². The molecule has 2 bridgehead atoms. The van der Waals surface area contributed by atoms with Gasteiger partial charge in [-0.1, -0.05) is 25.3 Å². The Kier molecular flexibility index (Phi) is 6.69. The van der Waals surface area contributed by atoms with Crippen molar-refractivity contribution in [3.63, 3.8) is 0 Å². The van der Waals surface area contributed by atoms with Crippen molar-refractivity contribution < 1.29 is 13.2 Å². The molecule has 4 rings (SSSR count). The average molecular weight is 419 g/mol. The molecule has 2 heterocycles. The quantitative estimate of drug-likeness (QED) is 0.566.